The van der Waals surface area contributed by atoms with Crippen molar-refractivity contribution >= 4 is 11.8 Å². The fourth-order valence-electron chi connectivity index (χ4n) is 2.36. The van der Waals surface area contributed by atoms with E-state index in [4.69, 9.17) is 23.7 Å². The summed E-state index contributed by atoms with van der Waals surface area (Å²) in [7, 11) is 0. The number of esters is 1. The van der Waals surface area contributed by atoms with Crippen molar-refractivity contribution in [3.8, 4) is 0 Å². The molecule has 0 radical (unpaired) electrons. The molecule has 7 nitrogen and oxygen atoms in total. The minimum absolute atomic E-state index is 0.0267. The maximum Gasteiger partial charge on any atom is 0.379 e. The van der Waals surface area contributed by atoms with Crippen LogP contribution in [0.5, 0.6) is 0 Å². The normalized spacial score (nSPS) is 10.8. The molecule has 164 valence electrons. The fourth-order valence-corrected chi connectivity index (χ4v) is 2.36. The number of rotatable bonds is 19. The Hall–Kier alpha value is -1.80. The lowest BCUT2D eigenvalue weighted by molar-refractivity contribution is -0.139. The van der Waals surface area contributed by atoms with E-state index in [2.05, 4.69) is 6.92 Å². The van der Waals surface area contributed by atoms with Crippen molar-refractivity contribution in [2.45, 2.75) is 32.6 Å². The van der Waals surface area contributed by atoms with Crippen molar-refractivity contribution in [1.29, 1.82) is 0 Å². The van der Waals surface area contributed by atoms with Crippen molar-refractivity contribution in [1.82, 2.24) is 0 Å². The topological polar surface area (TPSA) is 80.3 Å². The smallest absolute Gasteiger partial charge is 0.379 e. The van der Waals surface area contributed by atoms with Crippen LogP contribution < -0.4 is 0 Å². The number of ketones is 1. The molecule has 0 aliphatic heterocycles. The summed E-state index contributed by atoms with van der Waals surface area (Å²) in [6.07, 6.45) is 4.83. The molecule has 0 heterocycles. The number of ether oxygens (including phenoxy) is 5. The van der Waals surface area contributed by atoms with E-state index in [1.54, 1.807) is 30.3 Å². The molecular weight excluding hydrogens is 376 g/mol. The molecule has 1 rings (SSSR count). The zero-order valence-electron chi connectivity index (χ0n) is 17.4. The monoisotopic (exact) mass is 410 g/mol. The Labute approximate surface area is 173 Å². The van der Waals surface area contributed by atoms with Gasteiger partial charge in [0.1, 0.15) is 6.61 Å². The molecular formula is C22H34O7. The Bertz CT molecular complexity index is 533. The van der Waals surface area contributed by atoms with Crippen LogP contribution in [0.25, 0.3) is 0 Å². The van der Waals surface area contributed by atoms with Gasteiger partial charge in [0.25, 0.3) is 5.78 Å². The third-order valence-corrected chi connectivity index (χ3v) is 3.94. The van der Waals surface area contributed by atoms with Crippen molar-refractivity contribution in [3.05, 3.63) is 35.9 Å². The highest BCUT2D eigenvalue weighted by molar-refractivity contribution is 6.40. The lowest BCUT2D eigenvalue weighted by Crippen LogP contribution is -2.20. The quantitative estimate of drug-likeness (QED) is 0.150. The summed E-state index contributed by atoms with van der Waals surface area (Å²) in [5.41, 5.74) is 0.313. The number of hydrogen-bond donors (Lipinski definition) is 0. The van der Waals surface area contributed by atoms with Gasteiger partial charge in [0.05, 0.1) is 46.2 Å². The van der Waals surface area contributed by atoms with Gasteiger partial charge in [0.15, 0.2) is 0 Å². The number of carbonyl (C=O) groups is 2. The van der Waals surface area contributed by atoms with Crippen molar-refractivity contribution in [2.24, 2.45) is 0 Å². The standard InChI is InChI=1S/C22H34O7/c1-2-3-4-8-11-25-12-13-26-14-15-27-16-17-28-18-19-29-22(24)21(23)20-9-6-5-7-10-20/h5-7,9-10H,2-4,8,11-19H2,1H3. The highest BCUT2D eigenvalue weighted by Crippen LogP contribution is 2.01. The highest BCUT2D eigenvalue weighted by Gasteiger charge is 2.16. The molecule has 1 aromatic rings. The third-order valence-electron chi connectivity index (χ3n) is 3.94. The zero-order chi connectivity index (χ0) is 21.0. The van der Waals surface area contributed by atoms with Gasteiger partial charge >= 0.3 is 5.97 Å². The first-order valence-corrected chi connectivity index (χ1v) is 10.3. The largest absolute Gasteiger partial charge is 0.457 e. The van der Waals surface area contributed by atoms with Crippen LogP contribution in [0.2, 0.25) is 0 Å². The van der Waals surface area contributed by atoms with Gasteiger partial charge in [-0.25, -0.2) is 4.79 Å². The first kappa shape index (κ1) is 25.2. The Balaban J connectivity index is 1.81. The number of Topliss-reactive ketones (excluding diaryl/α,β-unsaturated/α-hetero) is 1. The van der Waals surface area contributed by atoms with Gasteiger partial charge in [-0.15, -0.1) is 0 Å². The average Bonchev–Trinajstić information content (AvgIpc) is 2.75. The summed E-state index contributed by atoms with van der Waals surface area (Å²) < 4.78 is 26.5. The van der Waals surface area contributed by atoms with E-state index in [-0.39, 0.29) is 13.2 Å². The summed E-state index contributed by atoms with van der Waals surface area (Å²) in [6, 6.07) is 8.30. The summed E-state index contributed by atoms with van der Waals surface area (Å²) in [5, 5.41) is 0. The minimum atomic E-state index is -0.877. The molecule has 0 unspecified atom stereocenters. The van der Waals surface area contributed by atoms with E-state index in [0.29, 0.717) is 45.2 Å². The molecule has 0 aliphatic carbocycles. The van der Waals surface area contributed by atoms with Gasteiger partial charge in [0.2, 0.25) is 0 Å². The lowest BCUT2D eigenvalue weighted by atomic mass is 10.1. The van der Waals surface area contributed by atoms with E-state index < -0.39 is 11.8 Å². The Morgan fingerprint density at radius 2 is 1.17 bits per heavy atom. The van der Waals surface area contributed by atoms with Crippen molar-refractivity contribution in [3.63, 3.8) is 0 Å². The molecule has 0 spiro atoms. The maximum absolute atomic E-state index is 11.8. The number of benzene rings is 1. The number of unbranched alkanes of at least 4 members (excludes halogenated alkanes) is 3. The molecule has 0 atom stereocenters. The second-order valence-electron chi connectivity index (χ2n) is 6.34. The Kier molecular flexibility index (Phi) is 15.9. The first-order chi connectivity index (χ1) is 14.3. The molecule has 29 heavy (non-hydrogen) atoms. The average molecular weight is 411 g/mol. The molecule has 1 aromatic carbocycles. The summed E-state index contributed by atoms with van der Waals surface area (Å²) in [5.74, 6) is -1.53. The molecule has 0 saturated carbocycles. The van der Waals surface area contributed by atoms with Crippen molar-refractivity contribution < 1.29 is 33.3 Å². The third kappa shape index (κ3) is 13.9. The predicted octanol–water partition coefficient (Wildman–Crippen LogP) is 3.06. The number of carbonyl (C=O) groups excluding carboxylic acids is 2. The Morgan fingerprint density at radius 3 is 1.72 bits per heavy atom. The van der Waals surface area contributed by atoms with Crippen LogP contribution in [0, 0.1) is 0 Å². The van der Waals surface area contributed by atoms with Gasteiger partial charge < -0.3 is 23.7 Å². The SMILES string of the molecule is CCCCCCOCCOCCOCCOCCOC(=O)C(=O)c1ccccc1. The summed E-state index contributed by atoms with van der Waals surface area (Å²) in [4.78, 5) is 23.4. The van der Waals surface area contributed by atoms with Crippen LogP contribution in [-0.4, -0.2) is 71.2 Å². The van der Waals surface area contributed by atoms with Crippen molar-refractivity contribution in [2.75, 3.05) is 59.5 Å². The van der Waals surface area contributed by atoms with Crippen LogP contribution in [0.1, 0.15) is 43.0 Å². The molecule has 0 amide bonds. The minimum Gasteiger partial charge on any atom is -0.457 e. The molecule has 0 aliphatic rings. The maximum atomic E-state index is 11.8. The second-order valence-corrected chi connectivity index (χ2v) is 6.34. The highest BCUT2D eigenvalue weighted by atomic mass is 16.6. The zero-order valence-corrected chi connectivity index (χ0v) is 17.4. The van der Waals surface area contributed by atoms with Gasteiger partial charge in [-0.2, -0.15) is 0 Å². The fraction of sp³-hybridized carbons (Fsp3) is 0.636. The number of hydrogen-bond acceptors (Lipinski definition) is 7. The summed E-state index contributed by atoms with van der Waals surface area (Å²) >= 11 is 0. The van der Waals surface area contributed by atoms with Crippen LogP contribution in [0.3, 0.4) is 0 Å². The Morgan fingerprint density at radius 1 is 0.655 bits per heavy atom. The lowest BCUT2D eigenvalue weighted by Gasteiger charge is -2.08. The summed E-state index contributed by atoms with van der Waals surface area (Å²) in [6.45, 7) is 6.21. The van der Waals surface area contributed by atoms with Crippen LogP contribution in [0.15, 0.2) is 30.3 Å². The van der Waals surface area contributed by atoms with Gasteiger partial charge in [-0.1, -0.05) is 56.5 Å². The van der Waals surface area contributed by atoms with Gasteiger partial charge in [-0.05, 0) is 6.42 Å². The molecule has 7 heteroatoms. The second kappa shape index (κ2) is 18.2. The first-order valence-electron chi connectivity index (χ1n) is 10.3. The van der Waals surface area contributed by atoms with Gasteiger partial charge in [-0.3, -0.25) is 4.79 Å². The molecule has 0 fully saturated rings. The van der Waals surface area contributed by atoms with Gasteiger partial charge in [0, 0.05) is 12.2 Å². The van der Waals surface area contributed by atoms with E-state index >= 15 is 0 Å². The van der Waals surface area contributed by atoms with Crippen LogP contribution in [0.4, 0.5) is 0 Å². The van der Waals surface area contributed by atoms with Crippen LogP contribution >= 0.6 is 0 Å². The molecule has 0 saturated heterocycles. The molecule has 0 aromatic heterocycles. The van der Waals surface area contributed by atoms with E-state index in [0.717, 1.165) is 13.0 Å². The van der Waals surface area contributed by atoms with E-state index in [1.807, 2.05) is 0 Å². The van der Waals surface area contributed by atoms with Crippen LogP contribution in [-0.2, 0) is 28.5 Å². The van der Waals surface area contributed by atoms with E-state index in [1.165, 1.54) is 19.3 Å². The molecule has 0 N–H and O–H groups in total. The predicted molar refractivity (Wildman–Crippen MR) is 109 cm³/mol. The van der Waals surface area contributed by atoms with E-state index in [9.17, 15) is 9.59 Å². The molecule has 0 bridgehead atoms.